The third kappa shape index (κ3) is 3.79. The molecule has 0 unspecified atom stereocenters. The third-order valence-corrected chi connectivity index (χ3v) is 4.65. The molecule has 0 spiro atoms. The summed E-state index contributed by atoms with van der Waals surface area (Å²) < 4.78 is 10.8. The van der Waals surface area contributed by atoms with Crippen molar-refractivity contribution in [1.82, 2.24) is 4.90 Å². The van der Waals surface area contributed by atoms with E-state index < -0.39 is 0 Å². The molecular weight excluding hydrogens is 336 g/mol. The zero-order chi connectivity index (χ0) is 18.6. The van der Waals surface area contributed by atoms with Crippen LogP contribution >= 0.6 is 0 Å². The molecule has 0 N–H and O–H groups in total. The van der Waals surface area contributed by atoms with Gasteiger partial charge in [-0.25, -0.2) is 0 Å². The summed E-state index contributed by atoms with van der Waals surface area (Å²) in [5.41, 5.74) is 5.16. The highest BCUT2D eigenvalue weighted by Crippen LogP contribution is 2.32. The summed E-state index contributed by atoms with van der Waals surface area (Å²) in [5.74, 6) is 1.64. The smallest absolute Gasteiger partial charge is 0.231 e. The van der Waals surface area contributed by atoms with Crippen molar-refractivity contribution in [2.45, 2.75) is 13.1 Å². The molecule has 4 rings (SSSR count). The predicted octanol–water partition coefficient (Wildman–Crippen LogP) is 4.59. The molecule has 3 aromatic carbocycles. The van der Waals surface area contributed by atoms with Gasteiger partial charge in [-0.1, -0.05) is 48.5 Å². The van der Waals surface area contributed by atoms with Gasteiger partial charge in [0.2, 0.25) is 6.79 Å². The Hall–Kier alpha value is -3.29. The second kappa shape index (κ2) is 7.53. The van der Waals surface area contributed by atoms with E-state index in [0.29, 0.717) is 12.4 Å². The second-order valence-corrected chi connectivity index (χ2v) is 6.71. The van der Waals surface area contributed by atoms with Crippen LogP contribution in [0.5, 0.6) is 11.5 Å². The lowest BCUT2D eigenvalue weighted by Crippen LogP contribution is -2.17. The minimum absolute atomic E-state index is 0.301. The monoisotopic (exact) mass is 356 g/mol. The predicted molar refractivity (Wildman–Crippen MR) is 104 cm³/mol. The van der Waals surface area contributed by atoms with E-state index in [9.17, 15) is 5.26 Å². The standard InChI is InChI=1S/C23H20N2O2/c1-25(15-18-8-11-22-23(12-18)27-16-26-22)14-17-6-9-19(10-7-17)21-5-3-2-4-20(21)13-24/h2-12H,14-16H2,1H3. The summed E-state index contributed by atoms with van der Waals surface area (Å²) in [6, 6.07) is 24.4. The van der Waals surface area contributed by atoms with Gasteiger partial charge in [0.15, 0.2) is 11.5 Å². The van der Waals surface area contributed by atoms with Crippen molar-refractivity contribution >= 4 is 0 Å². The average molecular weight is 356 g/mol. The quantitative estimate of drug-likeness (QED) is 0.671. The minimum atomic E-state index is 0.301. The lowest BCUT2D eigenvalue weighted by atomic mass is 9.99. The lowest BCUT2D eigenvalue weighted by Gasteiger charge is -2.17. The van der Waals surface area contributed by atoms with E-state index in [-0.39, 0.29) is 0 Å². The van der Waals surface area contributed by atoms with E-state index in [1.54, 1.807) is 0 Å². The van der Waals surface area contributed by atoms with Crippen LogP contribution in [0.4, 0.5) is 0 Å². The normalized spacial score (nSPS) is 12.2. The van der Waals surface area contributed by atoms with Crippen molar-refractivity contribution < 1.29 is 9.47 Å². The van der Waals surface area contributed by atoms with Crippen molar-refractivity contribution in [2.24, 2.45) is 0 Å². The van der Waals surface area contributed by atoms with Gasteiger partial charge in [0.25, 0.3) is 0 Å². The van der Waals surface area contributed by atoms with Gasteiger partial charge in [-0.15, -0.1) is 0 Å². The van der Waals surface area contributed by atoms with Crippen LogP contribution in [0.1, 0.15) is 16.7 Å². The summed E-state index contributed by atoms with van der Waals surface area (Å²) in [6.45, 7) is 1.97. The molecular formula is C23H20N2O2. The molecule has 0 saturated heterocycles. The van der Waals surface area contributed by atoms with Crippen LogP contribution in [-0.2, 0) is 13.1 Å². The third-order valence-electron chi connectivity index (χ3n) is 4.65. The van der Waals surface area contributed by atoms with Gasteiger partial charge in [0, 0.05) is 13.1 Å². The molecule has 0 aromatic heterocycles. The molecule has 1 aliphatic rings. The second-order valence-electron chi connectivity index (χ2n) is 6.71. The Morgan fingerprint density at radius 1 is 0.889 bits per heavy atom. The van der Waals surface area contributed by atoms with Crippen molar-refractivity contribution in [3.63, 3.8) is 0 Å². The Balaban J connectivity index is 1.43. The maximum absolute atomic E-state index is 9.28. The Kier molecular flexibility index (Phi) is 4.78. The summed E-state index contributed by atoms with van der Waals surface area (Å²) >= 11 is 0. The van der Waals surface area contributed by atoms with Crippen LogP contribution in [0.15, 0.2) is 66.7 Å². The van der Waals surface area contributed by atoms with E-state index in [0.717, 1.165) is 35.7 Å². The fourth-order valence-electron chi connectivity index (χ4n) is 3.34. The highest BCUT2D eigenvalue weighted by atomic mass is 16.7. The number of nitriles is 1. The first-order valence-electron chi connectivity index (χ1n) is 8.88. The minimum Gasteiger partial charge on any atom is -0.454 e. The number of rotatable bonds is 5. The van der Waals surface area contributed by atoms with Gasteiger partial charge < -0.3 is 9.47 Å². The van der Waals surface area contributed by atoms with E-state index in [4.69, 9.17) is 9.47 Å². The van der Waals surface area contributed by atoms with Gasteiger partial charge in [-0.2, -0.15) is 5.26 Å². The van der Waals surface area contributed by atoms with Crippen LogP contribution in [0.2, 0.25) is 0 Å². The number of ether oxygens (including phenoxy) is 2. The molecule has 0 saturated carbocycles. The van der Waals surface area contributed by atoms with E-state index in [1.807, 2.05) is 36.4 Å². The fourth-order valence-corrected chi connectivity index (χ4v) is 3.34. The number of benzene rings is 3. The number of nitrogens with zero attached hydrogens (tertiary/aromatic N) is 2. The Morgan fingerprint density at radius 3 is 2.41 bits per heavy atom. The molecule has 1 aliphatic heterocycles. The molecule has 0 radical (unpaired) electrons. The molecule has 0 atom stereocenters. The van der Waals surface area contributed by atoms with Gasteiger partial charge in [0.05, 0.1) is 11.6 Å². The molecule has 134 valence electrons. The Bertz CT molecular complexity index is 990. The summed E-state index contributed by atoms with van der Waals surface area (Å²) in [6.07, 6.45) is 0. The largest absolute Gasteiger partial charge is 0.454 e. The molecule has 0 amide bonds. The Morgan fingerprint density at radius 2 is 1.59 bits per heavy atom. The molecule has 0 bridgehead atoms. The van der Waals surface area contributed by atoms with E-state index in [1.165, 1.54) is 11.1 Å². The van der Waals surface area contributed by atoms with Crippen LogP contribution in [0, 0.1) is 11.3 Å². The molecule has 0 fully saturated rings. The molecule has 0 aliphatic carbocycles. The van der Waals surface area contributed by atoms with Crippen LogP contribution in [0.25, 0.3) is 11.1 Å². The SMILES string of the molecule is CN(Cc1ccc(-c2ccccc2C#N)cc1)Cc1ccc2c(c1)OCO2. The first-order chi connectivity index (χ1) is 13.2. The zero-order valence-electron chi connectivity index (χ0n) is 15.2. The average Bonchev–Trinajstić information content (AvgIpc) is 3.16. The van der Waals surface area contributed by atoms with Gasteiger partial charge in [0.1, 0.15) is 0 Å². The first kappa shape index (κ1) is 17.1. The van der Waals surface area contributed by atoms with E-state index >= 15 is 0 Å². The fraction of sp³-hybridized carbons (Fsp3) is 0.174. The van der Waals surface area contributed by atoms with Crippen molar-refractivity contribution in [3.05, 3.63) is 83.4 Å². The van der Waals surface area contributed by atoms with Crippen LogP contribution in [-0.4, -0.2) is 18.7 Å². The lowest BCUT2D eigenvalue weighted by molar-refractivity contribution is 0.174. The maximum atomic E-state index is 9.28. The van der Waals surface area contributed by atoms with Gasteiger partial charge >= 0.3 is 0 Å². The number of hydrogen-bond acceptors (Lipinski definition) is 4. The zero-order valence-corrected chi connectivity index (χ0v) is 15.2. The van der Waals surface area contributed by atoms with Crippen molar-refractivity contribution in [1.29, 1.82) is 5.26 Å². The topological polar surface area (TPSA) is 45.5 Å². The van der Waals surface area contributed by atoms with E-state index in [2.05, 4.69) is 48.3 Å². The summed E-state index contributed by atoms with van der Waals surface area (Å²) in [4.78, 5) is 2.26. The summed E-state index contributed by atoms with van der Waals surface area (Å²) in [5, 5.41) is 9.28. The van der Waals surface area contributed by atoms with Crippen molar-refractivity contribution in [2.75, 3.05) is 13.8 Å². The first-order valence-corrected chi connectivity index (χ1v) is 8.88. The number of hydrogen-bond donors (Lipinski definition) is 0. The molecule has 3 aromatic rings. The van der Waals surface area contributed by atoms with Crippen molar-refractivity contribution in [3.8, 4) is 28.7 Å². The maximum Gasteiger partial charge on any atom is 0.231 e. The van der Waals surface area contributed by atoms with Crippen LogP contribution < -0.4 is 9.47 Å². The molecule has 27 heavy (non-hydrogen) atoms. The summed E-state index contributed by atoms with van der Waals surface area (Å²) in [7, 11) is 2.10. The molecule has 4 nitrogen and oxygen atoms in total. The van der Waals surface area contributed by atoms with Gasteiger partial charge in [-0.05, 0) is 47.5 Å². The molecule has 1 heterocycles. The molecule has 4 heteroatoms. The van der Waals surface area contributed by atoms with Crippen LogP contribution in [0.3, 0.4) is 0 Å². The highest BCUT2D eigenvalue weighted by molar-refractivity contribution is 5.70. The highest BCUT2D eigenvalue weighted by Gasteiger charge is 2.14. The van der Waals surface area contributed by atoms with Gasteiger partial charge in [-0.3, -0.25) is 4.90 Å². The number of fused-ring (bicyclic) bond motifs is 1. The Labute approximate surface area is 159 Å².